The Morgan fingerprint density at radius 2 is 1.79 bits per heavy atom. The number of carbonyl (C=O) groups excluding carboxylic acids is 2. The Labute approximate surface area is 178 Å². The average molecular weight is 426 g/mol. The molecule has 0 radical (unpaired) electrons. The van der Waals surface area contributed by atoms with Gasteiger partial charge in [-0.2, -0.15) is 0 Å². The van der Waals surface area contributed by atoms with Crippen LogP contribution in [-0.2, 0) is 4.79 Å². The lowest BCUT2D eigenvalue weighted by atomic mass is 9.84. The molecule has 2 N–H and O–H groups in total. The van der Waals surface area contributed by atoms with Gasteiger partial charge in [0.25, 0.3) is 5.91 Å². The second kappa shape index (κ2) is 9.02. The van der Waals surface area contributed by atoms with Crippen molar-refractivity contribution in [3.05, 3.63) is 34.9 Å². The first-order chi connectivity index (χ1) is 13.0. The van der Waals surface area contributed by atoms with Gasteiger partial charge in [-0.05, 0) is 56.2 Å². The van der Waals surface area contributed by atoms with E-state index in [0.29, 0.717) is 29.6 Å². The number of benzene rings is 1. The van der Waals surface area contributed by atoms with E-state index in [2.05, 4.69) is 0 Å². The summed E-state index contributed by atoms with van der Waals surface area (Å²) >= 11 is 6.11. The molecule has 3 atom stereocenters. The van der Waals surface area contributed by atoms with Crippen LogP contribution < -0.4 is 5.73 Å². The molecule has 3 aliphatic rings. The van der Waals surface area contributed by atoms with E-state index in [4.69, 9.17) is 17.3 Å². The average Bonchev–Trinajstić information content (AvgIpc) is 3.07. The molecular formula is C21H29Cl2N3O2. The molecule has 2 heterocycles. The molecule has 0 aromatic heterocycles. The lowest BCUT2D eigenvalue weighted by molar-refractivity contribution is -0.136. The van der Waals surface area contributed by atoms with Gasteiger partial charge in [-0.1, -0.05) is 30.5 Å². The van der Waals surface area contributed by atoms with Gasteiger partial charge < -0.3 is 15.5 Å². The number of rotatable bonds is 2. The first kappa shape index (κ1) is 21.4. The molecular weight excluding hydrogens is 397 g/mol. The minimum absolute atomic E-state index is 0. The van der Waals surface area contributed by atoms with Gasteiger partial charge in [0.15, 0.2) is 0 Å². The highest BCUT2D eigenvalue weighted by Gasteiger charge is 2.48. The second-order valence-electron chi connectivity index (χ2n) is 8.25. The Kier molecular flexibility index (Phi) is 6.89. The lowest BCUT2D eigenvalue weighted by Gasteiger charge is -2.37. The summed E-state index contributed by atoms with van der Waals surface area (Å²) in [7, 11) is 0. The van der Waals surface area contributed by atoms with Crippen LogP contribution in [0, 0.1) is 5.92 Å². The summed E-state index contributed by atoms with van der Waals surface area (Å²) in [6.07, 6.45) is 6.89. The summed E-state index contributed by atoms with van der Waals surface area (Å²) in [6, 6.07) is 7.08. The summed E-state index contributed by atoms with van der Waals surface area (Å²) in [4.78, 5) is 30.5. The van der Waals surface area contributed by atoms with Crippen LogP contribution in [0.25, 0.3) is 0 Å². The number of amides is 2. The highest BCUT2D eigenvalue weighted by atomic mass is 35.5. The normalized spacial score (nSPS) is 27.9. The molecule has 2 saturated heterocycles. The summed E-state index contributed by atoms with van der Waals surface area (Å²) in [6.45, 7) is 1.40. The molecule has 4 rings (SSSR count). The number of piperidine rings is 1. The van der Waals surface area contributed by atoms with Gasteiger partial charge in [-0.25, -0.2) is 0 Å². The zero-order valence-corrected chi connectivity index (χ0v) is 17.6. The fourth-order valence-electron chi connectivity index (χ4n) is 5.07. The summed E-state index contributed by atoms with van der Waals surface area (Å²) in [5.74, 6) is 0.480. The number of hydrogen-bond donors (Lipinski definition) is 1. The Hall–Kier alpha value is -1.30. The van der Waals surface area contributed by atoms with E-state index in [0.717, 1.165) is 38.5 Å². The Morgan fingerprint density at radius 3 is 2.50 bits per heavy atom. The van der Waals surface area contributed by atoms with E-state index >= 15 is 0 Å². The van der Waals surface area contributed by atoms with Crippen molar-refractivity contribution in [1.29, 1.82) is 0 Å². The summed E-state index contributed by atoms with van der Waals surface area (Å²) in [5, 5.41) is 0.549. The number of carbonyl (C=O) groups is 2. The monoisotopic (exact) mass is 425 g/mol. The number of nitrogens with zero attached hydrogens (tertiary/aromatic N) is 2. The smallest absolute Gasteiger partial charge is 0.254 e. The van der Waals surface area contributed by atoms with E-state index < -0.39 is 0 Å². The fourth-order valence-corrected chi connectivity index (χ4v) is 5.26. The first-order valence-electron chi connectivity index (χ1n) is 10.2. The Morgan fingerprint density at radius 1 is 1.07 bits per heavy atom. The predicted molar refractivity (Wildman–Crippen MR) is 113 cm³/mol. The van der Waals surface area contributed by atoms with Crippen LogP contribution in [0.4, 0.5) is 0 Å². The Balaban J connectivity index is 0.00000225. The fraction of sp³-hybridized carbons (Fsp3) is 0.619. The van der Waals surface area contributed by atoms with Crippen molar-refractivity contribution in [2.45, 2.75) is 63.1 Å². The topological polar surface area (TPSA) is 66.6 Å². The van der Waals surface area contributed by atoms with E-state index in [1.165, 1.54) is 6.42 Å². The number of likely N-dealkylation sites (tertiary alicyclic amines) is 2. The summed E-state index contributed by atoms with van der Waals surface area (Å²) in [5.41, 5.74) is 6.57. The van der Waals surface area contributed by atoms with Crippen LogP contribution in [0.15, 0.2) is 24.3 Å². The van der Waals surface area contributed by atoms with Crippen molar-refractivity contribution in [2.24, 2.45) is 11.7 Å². The van der Waals surface area contributed by atoms with Crippen LogP contribution in [0.5, 0.6) is 0 Å². The van der Waals surface area contributed by atoms with Crippen LogP contribution >= 0.6 is 24.0 Å². The molecule has 0 bridgehead atoms. The van der Waals surface area contributed by atoms with Gasteiger partial charge in [0.05, 0.1) is 0 Å². The molecule has 5 nitrogen and oxygen atoms in total. The van der Waals surface area contributed by atoms with Crippen molar-refractivity contribution >= 4 is 35.8 Å². The number of fused-ring (bicyclic) bond motifs is 1. The minimum Gasteiger partial charge on any atom is -0.341 e. The predicted octanol–water partition coefficient (Wildman–Crippen LogP) is 3.48. The van der Waals surface area contributed by atoms with Crippen molar-refractivity contribution in [2.75, 3.05) is 13.1 Å². The number of halogens is 2. The van der Waals surface area contributed by atoms with E-state index in [9.17, 15) is 9.59 Å². The van der Waals surface area contributed by atoms with E-state index in [1.807, 2.05) is 9.80 Å². The van der Waals surface area contributed by atoms with Crippen LogP contribution in [0.2, 0.25) is 5.02 Å². The molecule has 1 aromatic rings. The molecule has 3 fully saturated rings. The SMILES string of the molecule is Cl.NC1CCN(C(=O)C2CC3CCCCC3N2C(=O)c2cccc(Cl)c2)CC1. The molecule has 2 amide bonds. The molecule has 3 unspecified atom stereocenters. The molecule has 0 spiro atoms. The van der Waals surface area contributed by atoms with Gasteiger partial charge in [0, 0.05) is 35.8 Å². The maximum Gasteiger partial charge on any atom is 0.254 e. The molecule has 28 heavy (non-hydrogen) atoms. The minimum atomic E-state index is -0.348. The highest BCUT2D eigenvalue weighted by Crippen LogP contribution is 2.41. The zero-order chi connectivity index (χ0) is 19.0. The van der Waals surface area contributed by atoms with Crippen LogP contribution in [0.1, 0.15) is 55.3 Å². The largest absolute Gasteiger partial charge is 0.341 e. The second-order valence-corrected chi connectivity index (χ2v) is 8.69. The maximum atomic E-state index is 13.4. The van der Waals surface area contributed by atoms with E-state index in [-0.39, 0.29) is 42.3 Å². The highest BCUT2D eigenvalue weighted by molar-refractivity contribution is 6.31. The number of nitrogens with two attached hydrogens (primary N) is 1. The van der Waals surface area contributed by atoms with Gasteiger partial charge in [0.2, 0.25) is 5.91 Å². The zero-order valence-electron chi connectivity index (χ0n) is 16.1. The third-order valence-electron chi connectivity index (χ3n) is 6.53. The Bertz CT molecular complexity index is 721. The molecule has 154 valence electrons. The van der Waals surface area contributed by atoms with Gasteiger partial charge >= 0.3 is 0 Å². The van der Waals surface area contributed by atoms with Gasteiger partial charge in [0.1, 0.15) is 6.04 Å². The molecule has 1 saturated carbocycles. The van der Waals surface area contributed by atoms with Gasteiger partial charge in [-0.3, -0.25) is 9.59 Å². The van der Waals surface area contributed by atoms with Crippen LogP contribution in [0.3, 0.4) is 0 Å². The molecule has 1 aliphatic carbocycles. The third-order valence-corrected chi connectivity index (χ3v) is 6.77. The third kappa shape index (κ3) is 4.17. The maximum absolute atomic E-state index is 13.4. The van der Waals surface area contributed by atoms with Crippen molar-refractivity contribution < 1.29 is 9.59 Å². The molecule has 7 heteroatoms. The molecule has 2 aliphatic heterocycles. The van der Waals surface area contributed by atoms with Gasteiger partial charge in [-0.15, -0.1) is 12.4 Å². The van der Waals surface area contributed by atoms with Crippen molar-refractivity contribution in [3.63, 3.8) is 0 Å². The van der Waals surface area contributed by atoms with E-state index in [1.54, 1.807) is 24.3 Å². The number of hydrogen-bond acceptors (Lipinski definition) is 3. The van der Waals surface area contributed by atoms with Crippen molar-refractivity contribution in [1.82, 2.24) is 9.80 Å². The standard InChI is InChI=1S/C21H28ClN3O2.ClH/c22-16-6-3-5-15(12-16)20(26)25-18-7-2-1-4-14(18)13-19(25)21(27)24-10-8-17(23)9-11-24;/h3,5-6,12,14,17-19H,1-2,4,7-11,13,23H2;1H. The first-order valence-corrected chi connectivity index (χ1v) is 10.5. The van der Waals surface area contributed by atoms with Crippen molar-refractivity contribution in [3.8, 4) is 0 Å². The molecule has 1 aromatic carbocycles. The quantitative estimate of drug-likeness (QED) is 0.788. The summed E-state index contributed by atoms with van der Waals surface area (Å²) < 4.78 is 0. The lowest BCUT2D eigenvalue weighted by Crippen LogP contribution is -2.53. The van der Waals surface area contributed by atoms with Crippen LogP contribution in [-0.4, -0.2) is 52.8 Å².